The maximum atomic E-state index is 11.6. The van der Waals surface area contributed by atoms with E-state index in [0.717, 1.165) is 0 Å². The van der Waals surface area contributed by atoms with Crippen molar-refractivity contribution in [1.82, 2.24) is 10.2 Å². The highest BCUT2D eigenvalue weighted by atomic mass is 16.5. The largest absolute Gasteiger partial charge is 0.480 e. The number of aliphatic hydroxyl groups excluding tert-OH is 1. The number of carboxylic acids is 1. The van der Waals surface area contributed by atoms with Crippen molar-refractivity contribution >= 4 is 12.0 Å². The van der Waals surface area contributed by atoms with Crippen molar-refractivity contribution in [2.24, 2.45) is 0 Å². The molecule has 7 nitrogen and oxygen atoms in total. The van der Waals surface area contributed by atoms with E-state index >= 15 is 0 Å². The molecule has 0 aliphatic carbocycles. The lowest BCUT2D eigenvalue weighted by molar-refractivity contribution is -0.139. The highest BCUT2D eigenvalue weighted by Gasteiger charge is 2.20. The molecule has 7 heteroatoms. The Morgan fingerprint density at radius 3 is 2.47 bits per heavy atom. The highest BCUT2D eigenvalue weighted by molar-refractivity contribution is 5.82. The molecule has 0 aliphatic rings. The fourth-order valence-electron chi connectivity index (χ4n) is 1.24. The van der Waals surface area contributed by atoms with Crippen LogP contribution in [0.4, 0.5) is 4.79 Å². The molecule has 0 bridgehead atoms. The average Bonchev–Trinajstić information content (AvgIpc) is 2.25. The van der Waals surface area contributed by atoms with E-state index in [2.05, 4.69) is 5.32 Å². The summed E-state index contributed by atoms with van der Waals surface area (Å²) in [5.74, 6) is -1.08. The number of carboxylic acid groups (broad SMARTS) is 1. The lowest BCUT2D eigenvalue weighted by Crippen LogP contribution is -2.48. The number of urea groups is 1. The molecular formula is C10H20N2O5. The minimum atomic E-state index is -1.08. The van der Waals surface area contributed by atoms with Gasteiger partial charge in [-0.3, -0.25) is 0 Å². The zero-order valence-electron chi connectivity index (χ0n) is 10.3. The topological polar surface area (TPSA) is 99.1 Å². The number of carbonyl (C=O) groups is 2. The molecule has 17 heavy (non-hydrogen) atoms. The highest BCUT2D eigenvalue weighted by Crippen LogP contribution is 1.95. The van der Waals surface area contributed by atoms with Gasteiger partial charge < -0.3 is 25.2 Å². The third-order valence-corrected chi connectivity index (χ3v) is 2.19. The van der Waals surface area contributed by atoms with Crippen molar-refractivity contribution in [3.63, 3.8) is 0 Å². The minimum Gasteiger partial charge on any atom is -0.480 e. The van der Waals surface area contributed by atoms with E-state index < -0.39 is 24.1 Å². The first-order chi connectivity index (χ1) is 7.92. The molecule has 2 amide bonds. The summed E-state index contributed by atoms with van der Waals surface area (Å²) >= 11 is 0. The Morgan fingerprint density at radius 2 is 2.06 bits per heavy atom. The van der Waals surface area contributed by atoms with Crippen LogP contribution < -0.4 is 5.32 Å². The number of aliphatic carboxylic acids is 1. The van der Waals surface area contributed by atoms with E-state index in [9.17, 15) is 14.7 Å². The van der Waals surface area contributed by atoms with Gasteiger partial charge in [-0.2, -0.15) is 0 Å². The number of amides is 2. The number of ether oxygens (including phenoxy) is 1. The van der Waals surface area contributed by atoms with Gasteiger partial charge in [0.05, 0.1) is 19.3 Å². The Labute approximate surface area is 100 Å². The van der Waals surface area contributed by atoms with Crippen LogP contribution in [0.2, 0.25) is 0 Å². The average molecular weight is 248 g/mol. The fraction of sp³-hybridized carbons (Fsp3) is 0.800. The third kappa shape index (κ3) is 6.08. The molecule has 0 saturated heterocycles. The van der Waals surface area contributed by atoms with Crippen molar-refractivity contribution in [2.45, 2.75) is 25.5 Å². The summed E-state index contributed by atoms with van der Waals surface area (Å²) < 4.78 is 4.72. The molecular weight excluding hydrogens is 228 g/mol. The third-order valence-electron chi connectivity index (χ3n) is 2.19. The first kappa shape index (κ1) is 15.7. The molecule has 2 atom stereocenters. The van der Waals surface area contributed by atoms with Gasteiger partial charge in [0.1, 0.15) is 6.04 Å². The number of likely N-dealkylation sites (N-methyl/N-ethyl adjacent to an activating group) is 1. The summed E-state index contributed by atoms with van der Waals surface area (Å²) in [6.07, 6.45) is -0.490. The van der Waals surface area contributed by atoms with Gasteiger partial charge in [-0.15, -0.1) is 0 Å². The lowest BCUT2D eigenvalue weighted by atomic mass is 10.2. The van der Waals surface area contributed by atoms with Crippen molar-refractivity contribution < 1.29 is 24.5 Å². The van der Waals surface area contributed by atoms with Crippen LogP contribution >= 0.6 is 0 Å². The zero-order chi connectivity index (χ0) is 13.4. The van der Waals surface area contributed by atoms with E-state index in [1.807, 2.05) is 0 Å². The first-order valence-corrected chi connectivity index (χ1v) is 5.33. The van der Waals surface area contributed by atoms with Gasteiger partial charge in [0.25, 0.3) is 0 Å². The number of carbonyl (C=O) groups excluding carboxylic acids is 1. The van der Waals surface area contributed by atoms with Gasteiger partial charge in [-0.05, 0) is 6.42 Å². The number of rotatable bonds is 7. The SMILES string of the molecule is CC[C@H](NC(=O)N(C)CC(O)COC)C(=O)O. The molecule has 0 aromatic carbocycles. The smallest absolute Gasteiger partial charge is 0.326 e. The van der Waals surface area contributed by atoms with Gasteiger partial charge in [0.15, 0.2) is 0 Å². The Balaban J connectivity index is 4.16. The van der Waals surface area contributed by atoms with Gasteiger partial charge in [-0.25, -0.2) is 9.59 Å². The van der Waals surface area contributed by atoms with E-state index in [-0.39, 0.29) is 13.2 Å². The van der Waals surface area contributed by atoms with Crippen LogP contribution in [-0.2, 0) is 9.53 Å². The Hall–Kier alpha value is -1.34. The maximum absolute atomic E-state index is 11.6. The van der Waals surface area contributed by atoms with Gasteiger partial charge in [-0.1, -0.05) is 6.92 Å². The quantitative estimate of drug-likeness (QED) is 0.564. The minimum absolute atomic E-state index is 0.0791. The number of nitrogens with one attached hydrogen (secondary N) is 1. The second-order valence-electron chi connectivity index (χ2n) is 3.74. The van der Waals surface area contributed by atoms with E-state index in [1.165, 1.54) is 19.1 Å². The molecule has 0 radical (unpaired) electrons. The summed E-state index contributed by atoms with van der Waals surface area (Å²) in [5, 5.41) is 20.5. The van der Waals surface area contributed by atoms with Crippen LogP contribution in [-0.4, -0.2) is 66.6 Å². The van der Waals surface area contributed by atoms with Crippen LogP contribution in [0.5, 0.6) is 0 Å². The number of nitrogens with zero attached hydrogens (tertiary/aromatic N) is 1. The van der Waals surface area contributed by atoms with E-state index in [1.54, 1.807) is 6.92 Å². The molecule has 0 fully saturated rings. The molecule has 3 N–H and O–H groups in total. The Morgan fingerprint density at radius 1 is 1.47 bits per heavy atom. The van der Waals surface area contributed by atoms with Gasteiger partial charge in [0.2, 0.25) is 0 Å². The molecule has 0 aliphatic heterocycles. The van der Waals surface area contributed by atoms with Crippen molar-refractivity contribution in [3.05, 3.63) is 0 Å². The summed E-state index contributed by atoms with van der Waals surface area (Å²) in [5.41, 5.74) is 0. The second kappa shape index (κ2) is 7.86. The normalized spacial score (nSPS) is 13.9. The number of hydrogen-bond donors (Lipinski definition) is 3. The summed E-state index contributed by atoms with van der Waals surface area (Å²) in [4.78, 5) is 23.5. The number of aliphatic hydroxyl groups is 1. The van der Waals surface area contributed by atoms with Crippen LogP contribution in [0.15, 0.2) is 0 Å². The molecule has 1 unspecified atom stereocenters. The summed E-state index contributed by atoms with van der Waals surface area (Å²) in [7, 11) is 2.92. The van der Waals surface area contributed by atoms with Gasteiger partial charge in [0, 0.05) is 14.2 Å². The van der Waals surface area contributed by atoms with Crippen LogP contribution in [0.25, 0.3) is 0 Å². The Kier molecular flexibility index (Phi) is 7.24. The predicted molar refractivity (Wildman–Crippen MR) is 60.8 cm³/mol. The standard InChI is InChI=1S/C10H20N2O5/c1-4-8(9(14)15)11-10(16)12(2)5-7(13)6-17-3/h7-8,13H,4-6H2,1-3H3,(H,11,16)(H,14,15)/t7?,8-/m0/s1. The monoisotopic (exact) mass is 248 g/mol. The predicted octanol–water partition coefficient (Wildman–Crippen LogP) is -0.502. The molecule has 100 valence electrons. The van der Waals surface area contributed by atoms with Crippen molar-refractivity contribution in [2.75, 3.05) is 27.3 Å². The number of hydrogen-bond acceptors (Lipinski definition) is 4. The zero-order valence-corrected chi connectivity index (χ0v) is 10.3. The lowest BCUT2D eigenvalue weighted by Gasteiger charge is -2.22. The maximum Gasteiger partial charge on any atom is 0.326 e. The Bertz CT molecular complexity index is 259. The molecule has 0 heterocycles. The van der Waals surface area contributed by atoms with Crippen molar-refractivity contribution in [3.8, 4) is 0 Å². The summed E-state index contributed by atoms with van der Waals surface area (Å²) in [6, 6.07) is -1.45. The molecule has 0 aromatic rings. The van der Waals surface area contributed by atoms with Crippen molar-refractivity contribution in [1.29, 1.82) is 0 Å². The van der Waals surface area contributed by atoms with E-state index in [0.29, 0.717) is 6.42 Å². The molecule has 0 spiro atoms. The molecule has 0 aromatic heterocycles. The van der Waals surface area contributed by atoms with Crippen LogP contribution in [0, 0.1) is 0 Å². The first-order valence-electron chi connectivity index (χ1n) is 5.33. The van der Waals surface area contributed by atoms with Crippen LogP contribution in [0.1, 0.15) is 13.3 Å². The van der Waals surface area contributed by atoms with E-state index in [4.69, 9.17) is 9.84 Å². The summed E-state index contributed by atoms with van der Waals surface area (Å²) in [6.45, 7) is 1.86. The molecule has 0 saturated carbocycles. The second-order valence-corrected chi connectivity index (χ2v) is 3.74. The molecule has 0 rings (SSSR count). The van der Waals surface area contributed by atoms with Crippen LogP contribution in [0.3, 0.4) is 0 Å². The fourth-order valence-corrected chi connectivity index (χ4v) is 1.24. The van der Waals surface area contributed by atoms with Gasteiger partial charge >= 0.3 is 12.0 Å². The number of methoxy groups -OCH3 is 1.